The minimum atomic E-state index is -0.239. The van der Waals surface area contributed by atoms with Gasteiger partial charge in [0.05, 0.1) is 13.2 Å². The summed E-state index contributed by atoms with van der Waals surface area (Å²) in [6.07, 6.45) is 11.8. The van der Waals surface area contributed by atoms with Crippen LogP contribution in [0.1, 0.15) is 106 Å². The lowest BCUT2D eigenvalue weighted by atomic mass is 9.83. The van der Waals surface area contributed by atoms with Crippen LogP contribution in [0.3, 0.4) is 0 Å². The van der Waals surface area contributed by atoms with Crippen LogP contribution in [0.4, 0.5) is 0 Å². The molecule has 2 atom stereocenters. The second-order valence-electron chi connectivity index (χ2n) is 9.53. The highest BCUT2D eigenvalue weighted by Gasteiger charge is 2.34. The predicted molar refractivity (Wildman–Crippen MR) is 132 cm³/mol. The van der Waals surface area contributed by atoms with E-state index in [1.165, 1.54) is 38.5 Å². The summed E-state index contributed by atoms with van der Waals surface area (Å²) in [7, 11) is 0. The molecule has 0 radical (unpaired) electrons. The first-order valence-electron chi connectivity index (χ1n) is 11.6. The van der Waals surface area contributed by atoms with E-state index in [9.17, 15) is 9.59 Å². The number of rotatable bonds is 17. The van der Waals surface area contributed by atoms with Crippen molar-refractivity contribution in [3.8, 4) is 0 Å². The van der Waals surface area contributed by atoms with Gasteiger partial charge in [-0.15, -0.1) is 0 Å². The van der Waals surface area contributed by atoms with E-state index in [4.69, 9.17) is 9.47 Å². The van der Waals surface area contributed by atoms with Gasteiger partial charge in [-0.3, -0.25) is 9.59 Å². The topological polar surface area (TPSA) is 52.6 Å². The average Bonchev–Trinajstić information content (AvgIpc) is 2.68. The van der Waals surface area contributed by atoms with E-state index in [0.29, 0.717) is 13.2 Å². The number of halogens is 2. The summed E-state index contributed by atoms with van der Waals surface area (Å²) in [4.78, 5) is 23.4. The maximum atomic E-state index is 11.9. The van der Waals surface area contributed by atoms with Crippen LogP contribution in [0.2, 0.25) is 0 Å². The molecule has 0 bridgehead atoms. The quantitative estimate of drug-likeness (QED) is 0.105. The fourth-order valence-corrected chi connectivity index (χ4v) is 4.27. The highest BCUT2D eigenvalue weighted by molar-refractivity contribution is 9.10. The smallest absolute Gasteiger partial charge is 0.320 e. The van der Waals surface area contributed by atoms with Crippen LogP contribution in [0, 0.1) is 10.8 Å². The molecule has 0 fully saturated rings. The van der Waals surface area contributed by atoms with Gasteiger partial charge in [-0.1, -0.05) is 111 Å². The first-order valence-corrected chi connectivity index (χ1v) is 13.4. The van der Waals surface area contributed by atoms with Gasteiger partial charge in [0.25, 0.3) is 0 Å². The summed E-state index contributed by atoms with van der Waals surface area (Å²) in [5.74, 6) is -0.307. The maximum absolute atomic E-state index is 11.9. The SMILES string of the molecule is CCOC(=O)C(Br)C(C)(C)CCCCCCCCCCC(C)(C)C(Br)C(=O)OCC. The van der Waals surface area contributed by atoms with Crippen molar-refractivity contribution < 1.29 is 19.1 Å². The number of esters is 2. The molecule has 0 saturated carbocycles. The van der Waals surface area contributed by atoms with E-state index in [0.717, 1.165) is 25.7 Å². The standard InChI is InChI=1S/C24H44Br2O4/c1-7-29-21(27)19(25)23(3,4)17-15-13-11-9-10-12-14-16-18-24(5,6)20(26)22(28)30-8-2/h19-20H,7-18H2,1-6H3. The van der Waals surface area contributed by atoms with Crippen molar-refractivity contribution in [2.24, 2.45) is 10.8 Å². The van der Waals surface area contributed by atoms with Crippen LogP contribution in [0.25, 0.3) is 0 Å². The molecule has 0 spiro atoms. The molecule has 0 aliphatic carbocycles. The summed E-state index contributed by atoms with van der Waals surface area (Å²) in [6.45, 7) is 13.1. The Balaban J connectivity index is 3.84. The van der Waals surface area contributed by atoms with Crippen LogP contribution < -0.4 is 0 Å². The van der Waals surface area contributed by atoms with Crippen molar-refractivity contribution in [2.45, 2.75) is 115 Å². The van der Waals surface area contributed by atoms with Gasteiger partial charge in [0, 0.05) is 0 Å². The molecule has 30 heavy (non-hydrogen) atoms. The van der Waals surface area contributed by atoms with Gasteiger partial charge in [0.1, 0.15) is 9.65 Å². The Morgan fingerprint density at radius 1 is 0.633 bits per heavy atom. The van der Waals surface area contributed by atoms with E-state index < -0.39 is 0 Å². The van der Waals surface area contributed by atoms with Crippen LogP contribution in [0.5, 0.6) is 0 Å². The lowest BCUT2D eigenvalue weighted by Crippen LogP contribution is -2.33. The Morgan fingerprint density at radius 3 is 1.17 bits per heavy atom. The van der Waals surface area contributed by atoms with Crippen molar-refractivity contribution >= 4 is 43.8 Å². The van der Waals surface area contributed by atoms with Crippen LogP contribution in [-0.2, 0) is 19.1 Å². The number of alkyl halides is 2. The summed E-state index contributed by atoms with van der Waals surface area (Å²) in [5.41, 5.74) is -0.175. The summed E-state index contributed by atoms with van der Waals surface area (Å²) >= 11 is 7.04. The molecule has 0 aliphatic heterocycles. The van der Waals surface area contributed by atoms with Crippen molar-refractivity contribution in [3.63, 3.8) is 0 Å². The molecule has 0 heterocycles. The lowest BCUT2D eigenvalue weighted by Gasteiger charge is -2.29. The van der Waals surface area contributed by atoms with E-state index in [2.05, 4.69) is 59.6 Å². The van der Waals surface area contributed by atoms with Crippen molar-refractivity contribution in [2.75, 3.05) is 13.2 Å². The zero-order valence-corrected chi connectivity index (χ0v) is 23.2. The van der Waals surface area contributed by atoms with Crippen molar-refractivity contribution in [1.82, 2.24) is 0 Å². The molecule has 6 heteroatoms. The Morgan fingerprint density at radius 2 is 0.900 bits per heavy atom. The number of hydrogen-bond donors (Lipinski definition) is 0. The number of ether oxygens (including phenoxy) is 2. The molecule has 0 aliphatic rings. The van der Waals surface area contributed by atoms with E-state index in [1.54, 1.807) is 0 Å². The third-order valence-electron chi connectivity index (χ3n) is 5.75. The van der Waals surface area contributed by atoms with E-state index >= 15 is 0 Å². The van der Waals surface area contributed by atoms with Gasteiger partial charge in [-0.05, 0) is 37.5 Å². The lowest BCUT2D eigenvalue weighted by molar-refractivity contribution is -0.145. The molecule has 4 nitrogen and oxygen atoms in total. The van der Waals surface area contributed by atoms with Crippen LogP contribution in [0.15, 0.2) is 0 Å². The minimum Gasteiger partial charge on any atom is -0.465 e. The first kappa shape index (κ1) is 29.9. The molecular weight excluding hydrogens is 512 g/mol. The highest BCUT2D eigenvalue weighted by Crippen LogP contribution is 2.35. The number of unbranched alkanes of at least 4 members (excludes halogenated alkanes) is 7. The van der Waals surface area contributed by atoms with E-state index in [-0.39, 0.29) is 32.4 Å². The van der Waals surface area contributed by atoms with Crippen molar-refractivity contribution in [3.05, 3.63) is 0 Å². The Bertz CT molecular complexity index is 448. The summed E-state index contributed by atoms with van der Waals surface area (Å²) < 4.78 is 10.3. The van der Waals surface area contributed by atoms with Gasteiger partial charge < -0.3 is 9.47 Å². The van der Waals surface area contributed by atoms with Gasteiger partial charge >= 0.3 is 11.9 Å². The van der Waals surface area contributed by atoms with Crippen LogP contribution in [-0.4, -0.2) is 34.8 Å². The second-order valence-corrected chi connectivity index (χ2v) is 11.4. The summed E-state index contributed by atoms with van der Waals surface area (Å²) in [6, 6.07) is 0. The van der Waals surface area contributed by atoms with Gasteiger partial charge in [-0.25, -0.2) is 0 Å². The molecule has 178 valence electrons. The third kappa shape index (κ3) is 12.1. The molecule has 0 amide bonds. The average molecular weight is 556 g/mol. The monoisotopic (exact) mass is 554 g/mol. The summed E-state index contributed by atoms with van der Waals surface area (Å²) in [5, 5.41) is 0. The van der Waals surface area contributed by atoms with Gasteiger partial charge in [-0.2, -0.15) is 0 Å². The fourth-order valence-electron chi connectivity index (χ4n) is 3.54. The zero-order chi connectivity index (χ0) is 23.2. The number of hydrogen-bond acceptors (Lipinski definition) is 4. The fraction of sp³-hybridized carbons (Fsp3) is 0.917. The first-order chi connectivity index (χ1) is 14.0. The molecule has 0 rings (SSSR count). The molecule has 0 aromatic carbocycles. The van der Waals surface area contributed by atoms with Crippen molar-refractivity contribution in [1.29, 1.82) is 0 Å². The largest absolute Gasteiger partial charge is 0.465 e. The molecular formula is C24H44Br2O4. The Hall–Kier alpha value is -0.100. The number of carbonyl (C=O) groups excluding carboxylic acids is 2. The van der Waals surface area contributed by atoms with Crippen LogP contribution >= 0.6 is 31.9 Å². The molecule has 0 saturated heterocycles. The number of carbonyl (C=O) groups is 2. The second kappa shape index (κ2) is 15.7. The van der Waals surface area contributed by atoms with Gasteiger partial charge in [0.2, 0.25) is 0 Å². The normalized spacial score (nSPS) is 14.3. The Kier molecular flexibility index (Phi) is 15.6. The maximum Gasteiger partial charge on any atom is 0.320 e. The molecule has 0 N–H and O–H groups in total. The molecule has 0 aromatic rings. The minimum absolute atomic E-state index is 0.0874. The van der Waals surface area contributed by atoms with Gasteiger partial charge in [0.15, 0.2) is 0 Å². The van der Waals surface area contributed by atoms with E-state index in [1.807, 2.05) is 13.8 Å². The highest BCUT2D eigenvalue weighted by atomic mass is 79.9. The molecule has 2 unspecified atom stereocenters. The Labute approximate surface area is 201 Å². The zero-order valence-electron chi connectivity index (χ0n) is 20.0. The predicted octanol–water partition coefficient (Wildman–Crippen LogP) is 7.59. The third-order valence-corrected chi connectivity index (χ3v) is 8.98. The molecule has 0 aromatic heterocycles.